The summed E-state index contributed by atoms with van der Waals surface area (Å²) in [4.78, 5) is 12.1. The lowest BCUT2D eigenvalue weighted by Crippen LogP contribution is -2.40. The van der Waals surface area contributed by atoms with E-state index in [0.29, 0.717) is 12.0 Å². The Bertz CT molecular complexity index is 732. The van der Waals surface area contributed by atoms with E-state index in [1.54, 1.807) is 18.2 Å². The van der Waals surface area contributed by atoms with Gasteiger partial charge in [-0.3, -0.25) is 4.79 Å². The van der Waals surface area contributed by atoms with Crippen LogP contribution in [0.25, 0.3) is 0 Å². The van der Waals surface area contributed by atoms with Crippen LogP contribution in [0.1, 0.15) is 37.7 Å². The fourth-order valence-electron chi connectivity index (χ4n) is 2.81. The van der Waals surface area contributed by atoms with E-state index in [2.05, 4.69) is 11.4 Å². The first-order chi connectivity index (χ1) is 11.9. The molecule has 0 saturated heterocycles. The zero-order valence-corrected chi connectivity index (χ0v) is 15.3. The Morgan fingerprint density at radius 1 is 1.28 bits per heavy atom. The van der Waals surface area contributed by atoms with Gasteiger partial charge < -0.3 is 5.32 Å². The average Bonchev–Trinajstić information content (AvgIpc) is 2.58. The Kier molecular flexibility index (Phi) is 7.13. The van der Waals surface area contributed by atoms with Crippen molar-refractivity contribution in [2.45, 2.75) is 38.6 Å². The molecule has 0 unspecified atom stereocenters. The first-order valence-corrected chi connectivity index (χ1v) is 10.3. The second-order valence-electron chi connectivity index (χ2n) is 6.32. The van der Waals surface area contributed by atoms with Crippen LogP contribution in [0, 0.1) is 5.82 Å². The van der Waals surface area contributed by atoms with E-state index in [1.165, 1.54) is 22.4 Å². The molecule has 0 spiro atoms. The minimum atomic E-state index is -3.48. The molecule has 0 aliphatic heterocycles. The molecule has 1 aromatic carbocycles. The topological polar surface area (TPSA) is 66.5 Å². The van der Waals surface area contributed by atoms with E-state index >= 15 is 0 Å². The first kappa shape index (κ1) is 19.6. The normalized spacial score (nSPS) is 15.1. The van der Waals surface area contributed by atoms with E-state index in [4.69, 9.17) is 0 Å². The van der Waals surface area contributed by atoms with Crippen LogP contribution in [-0.4, -0.2) is 38.0 Å². The molecule has 0 fully saturated rings. The van der Waals surface area contributed by atoms with E-state index in [1.807, 2.05) is 0 Å². The van der Waals surface area contributed by atoms with Crippen molar-refractivity contribution in [3.8, 4) is 0 Å². The Balaban J connectivity index is 1.89. The molecule has 0 saturated carbocycles. The van der Waals surface area contributed by atoms with E-state index in [9.17, 15) is 17.6 Å². The molecule has 1 aliphatic rings. The number of allylic oxidation sites excluding steroid dienone is 1. The van der Waals surface area contributed by atoms with Gasteiger partial charge in [-0.05, 0) is 38.2 Å². The van der Waals surface area contributed by atoms with Crippen molar-refractivity contribution in [1.29, 1.82) is 0 Å². The highest BCUT2D eigenvalue weighted by Crippen LogP contribution is 2.20. The number of sulfonamides is 1. The number of carbonyl (C=O) groups excluding carboxylic acids is 1. The molecule has 1 aliphatic carbocycles. The van der Waals surface area contributed by atoms with Crippen LogP contribution in [0.3, 0.4) is 0 Å². The molecule has 138 valence electrons. The Morgan fingerprint density at radius 2 is 2.04 bits per heavy atom. The third kappa shape index (κ3) is 6.59. The predicted octanol–water partition coefficient (Wildman–Crippen LogP) is 2.59. The van der Waals surface area contributed by atoms with Gasteiger partial charge in [-0.25, -0.2) is 12.8 Å². The number of amides is 1. The summed E-state index contributed by atoms with van der Waals surface area (Å²) in [7, 11) is -3.48. The summed E-state index contributed by atoms with van der Waals surface area (Å²) >= 11 is 0. The largest absolute Gasteiger partial charge is 0.351 e. The van der Waals surface area contributed by atoms with Crippen LogP contribution in [0.4, 0.5) is 4.39 Å². The average molecular weight is 368 g/mol. The van der Waals surface area contributed by atoms with Crippen molar-refractivity contribution in [3.63, 3.8) is 0 Å². The van der Waals surface area contributed by atoms with Crippen LogP contribution in [-0.2, 0) is 21.4 Å². The quantitative estimate of drug-likeness (QED) is 0.717. The van der Waals surface area contributed by atoms with Crippen molar-refractivity contribution in [1.82, 2.24) is 9.62 Å². The van der Waals surface area contributed by atoms with Gasteiger partial charge in [-0.15, -0.1) is 0 Å². The molecular formula is C18H25FN2O3S. The Morgan fingerprint density at radius 3 is 2.68 bits per heavy atom. The molecule has 7 heteroatoms. The van der Waals surface area contributed by atoms with E-state index in [0.717, 1.165) is 25.5 Å². The third-order valence-electron chi connectivity index (χ3n) is 4.29. The summed E-state index contributed by atoms with van der Waals surface area (Å²) in [6.45, 7) is 0.0760. The Hall–Kier alpha value is -1.73. The Labute approximate surface area is 149 Å². The van der Waals surface area contributed by atoms with Crippen molar-refractivity contribution in [3.05, 3.63) is 47.3 Å². The predicted molar refractivity (Wildman–Crippen MR) is 95.8 cm³/mol. The molecule has 1 amide bonds. The lowest BCUT2D eigenvalue weighted by atomic mass is 9.97. The lowest BCUT2D eigenvalue weighted by molar-refractivity contribution is -0.121. The van der Waals surface area contributed by atoms with Crippen LogP contribution in [0.15, 0.2) is 35.9 Å². The highest BCUT2D eigenvalue weighted by molar-refractivity contribution is 7.88. The minimum Gasteiger partial charge on any atom is -0.351 e. The van der Waals surface area contributed by atoms with Crippen LogP contribution in [0.5, 0.6) is 0 Å². The summed E-state index contributed by atoms with van der Waals surface area (Å²) in [5.41, 5.74) is 1.63. The molecule has 25 heavy (non-hydrogen) atoms. The standard InChI is InChI=1S/C18H25FN2O3S/c1-25(23,24)21(12-11-15-7-3-2-4-8-15)14-18(22)20-13-16-9-5-6-10-17(16)19/h5-7,9-10H,2-4,8,11-14H2,1H3,(H,20,22). The van der Waals surface area contributed by atoms with Gasteiger partial charge in [-0.1, -0.05) is 29.8 Å². The van der Waals surface area contributed by atoms with Crippen molar-refractivity contribution >= 4 is 15.9 Å². The maximum atomic E-state index is 13.6. The summed E-state index contributed by atoms with van der Waals surface area (Å²) in [6, 6.07) is 6.17. The van der Waals surface area contributed by atoms with Gasteiger partial charge in [0, 0.05) is 18.7 Å². The van der Waals surface area contributed by atoms with E-state index < -0.39 is 21.7 Å². The summed E-state index contributed by atoms with van der Waals surface area (Å²) < 4.78 is 38.6. The third-order valence-corrected chi connectivity index (χ3v) is 5.54. The molecule has 0 atom stereocenters. The van der Waals surface area contributed by atoms with Crippen LogP contribution in [0.2, 0.25) is 0 Å². The molecule has 0 heterocycles. The van der Waals surface area contributed by atoms with Gasteiger partial charge in [0.1, 0.15) is 5.82 Å². The molecule has 1 aromatic rings. The van der Waals surface area contributed by atoms with Gasteiger partial charge in [0.05, 0.1) is 12.8 Å². The number of hydrogen-bond donors (Lipinski definition) is 1. The SMILES string of the molecule is CS(=O)(=O)N(CCC1=CCCCC1)CC(=O)NCc1ccccc1F. The highest BCUT2D eigenvalue weighted by atomic mass is 32.2. The zero-order valence-electron chi connectivity index (χ0n) is 14.5. The molecule has 1 N–H and O–H groups in total. The lowest BCUT2D eigenvalue weighted by Gasteiger charge is -2.21. The van der Waals surface area contributed by atoms with Gasteiger partial charge in [0.2, 0.25) is 15.9 Å². The maximum absolute atomic E-state index is 13.6. The number of nitrogens with zero attached hydrogens (tertiary/aromatic N) is 1. The van der Waals surface area contributed by atoms with Crippen molar-refractivity contribution in [2.75, 3.05) is 19.3 Å². The fraction of sp³-hybridized carbons (Fsp3) is 0.500. The first-order valence-electron chi connectivity index (χ1n) is 8.49. The van der Waals surface area contributed by atoms with Crippen molar-refractivity contribution in [2.24, 2.45) is 0 Å². The minimum absolute atomic E-state index is 0.0360. The maximum Gasteiger partial charge on any atom is 0.235 e. The highest BCUT2D eigenvalue weighted by Gasteiger charge is 2.20. The second-order valence-corrected chi connectivity index (χ2v) is 8.31. The monoisotopic (exact) mass is 368 g/mol. The second kappa shape index (κ2) is 9.10. The molecule has 2 rings (SSSR count). The number of rotatable bonds is 8. The zero-order chi connectivity index (χ0) is 18.3. The summed E-state index contributed by atoms with van der Waals surface area (Å²) in [5, 5.41) is 2.58. The number of carbonyl (C=O) groups is 1. The molecule has 5 nitrogen and oxygen atoms in total. The van der Waals surface area contributed by atoms with E-state index in [-0.39, 0.29) is 19.6 Å². The summed E-state index contributed by atoms with van der Waals surface area (Å²) in [5.74, 6) is -0.835. The molecule has 0 aromatic heterocycles. The molecule has 0 radical (unpaired) electrons. The smallest absolute Gasteiger partial charge is 0.235 e. The fourth-order valence-corrected chi connectivity index (χ4v) is 3.59. The van der Waals surface area contributed by atoms with Gasteiger partial charge in [0.15, 0.2) is 0 Å². The van der Waals surface area contributed by atoms with Crippen LogP contribution < -0.4 is 5.32 Å². The number of hydrogen-bond acceptors (Lipinski definition) is 3. The van der Waals surface area contributed by atoms with Crippen molar-refractivity contribution < 1.29 is 17.6 Å². The van der Waals surface area contributed by atoms with Crippen LogP contribution >= 0.6 is 0 Å². The van der Waals surface area contributed by atoms with Gasteiger partial charge >= 0.3 is 0 Å². The molecule has 0 bridgehead atoms. The number of halogens is 1. The summed E-state index contributed by atoms with van der Waals surface area (Å²) in [6.07, 6.45) is 8.27. The molecular weight excluding hydrogens is 343 g/mol. The van der Waals surface area contributed by atoms with Gasteiger partial charge in [0.25, 0.3) is 0 Å². The number of nitrogens with one attached hydrogen (secondary N) is 1. The van der Waals surface area contributed by atoms with Gasteiger partial charge in [-0.2, -0.15) is 4.31 Å². The number of benzene rings is 1.